The van der Waals surface area contributed by atoms with E-state index in [9.17, 15) is 0 Å². The first-order chi connectivity index (χ1) is 12.5. The van der Waals surface area contributed by atoms with E-state index >= 15 is 0 Å². The summed E-state index contributed by atoms with van der Waals surface area (Å²) < 4.78 is 15.4. The third-order valence-corrected chi connectivity index (χ3v) is 4.61. The van der Waals surface area contributed by atoms with E-state index in [0.717, 1.165) is 41.1 Å². The van der Waals surface area contributed by atoms with Crippen LogP contribution in [0.25, 0.3) is 0 Å². The van der Waals surface area contributed by atoms with Gasteiger partial charge in [-0.1, -0.05) is 25.9 Å². The maximum atomic E-state index is 5.72. The molecule has 136 valence electrons. The average molecular weight is 371 g/mol. The molecule has 0 amide bonds. The van der Waals surface area contributed by atoms with E-state index in [1.807, 2.05) is 24.3 Å². The summed E-state index contributed by atoms with van der Waals surface area (Å²) in [5.41, 5.74) is 0.882. The summed E-state index contributed by atoms with van der Waals surface area (Å²) >= 11 is 1.36. The normalized spacial score (nSPS) is 14.4. The van der Waals surface area contributed by atoms with Gasteiger partial charge in [-0.15, -0.1) is 0 Å². The van der Waals surface area contributed by atoms with Gasteiger partial charge in [0.25, 0.3) is 0 Å². The van der Waals surface area contributed by atoms with Crippen molar-refractivity contribution in [1.82, 2.24) is 19.5 Å². The van der Waals surface area contributed by atoms with Crippen LogP contribution in [0.15, 0.2) is 28.8 Å². The average Bonchev–Trinajstić information content (AvgIpc) is 3.15. The Morgan fingerprint density at radius 3 is 2.62 bits per heavy atom. The van der Waals surface area contributed by atoms with Crippen molar-refractivity contribution in [3.05, 3.63) is 41.8 Å². The summed E-state index contributed by atoms with van der Waals surface area (Å²) in [4.78, 5) is 8.89. The Hall–Kier alpha value is -2.48. The molecule has 0 unspecified atom stereocenters. The molecule has 0 spiro atoms. The minimum atomic E-state index is -0.0529. The smallest absolute Gasteiger partial charge is 0.229 e. The fourth-order valence-electron chi connectivity index (χ4n) is 2.31. The largest absolute Gasteiger partial charge is 0.485 e. The third kappa shape index (κ3) is 4.01. The molecule has 1 fully saturated rings. The maximum Gasteiger partial charge on any atom is 0.229 e. The molecule has 0 saturated heterocycles. The number of benzene rings is 1. The molecule has 1 aromatic carbocycles. The van der Waals surface area contributed by atoms with Crippen LogP contribution in [0.1, 0.15) is 57.1 Å². The molecule has 0 radical (unpaired) electrons. The Bertz CT molecular complexity index is 878. The third-order valence-electron chi connectivity index (χ3n) is 3.98. The van der Waals surface area contributed by atoms with Crippen LogP contribution in [0, 0.1) is 0 Å². The van der Waals surface area contributed by atoms with Gasteiger partial charge in [-0.2, -0.15) is 9.36 Å². The molecule has 1 aliphatic carbocycles. The highest BCUT2D eigenvalue weighted by atomic mass is 32.1. The summed E-state index contributed by atoms with van der Waals surface area (Å²) in [5, 5.41) is 8.00. The van der Waals surface area contributed by atoms with E-state index < -0.39 is 0 Å². The quantitative estimate of drug-likeness (QED) is 0.686. The molecular formula is C18H21N5O2S. The van der Waals surface area contributed by atoms with Gasteiger partial charge < -0.3 is 14.6 Å². The number of anilines is 2. The number of ether oxygens (including phenoxy) is 1. The van der Waals surface area contributed by atoms with Gasteiger partial charge in [0.2, 0.25) is 16.8 Å². The predicted molar refractivity (Wildman–Crippen MR) is 98.9 cm³/mol. The second kappa shape index (κ2) is 6.68. The Labute approximate surface area is 156 Å². The fraction of sp³-hybridized carbons (Fsp3) is 0.444. The number of rotatable bonds is 6. The van der Waals surface area contributed by atoms with Crippen molar-refractivity contribution in [3.63, 3.8) is 0 Å². The first-order valence-corrected chi connectivity index (χ1v) is 9.41. The lowest BCUT2D eigenvalue weighted by molar-refractivity contribution is 0.285. The highest BCUT2D eigenvalue weighted by Gasteiger charge is 2.29. The summed E-state index contributed by atoms with van der Waals surface area (Å²) in [6, 6.07) is 7.69. The van der Waals surface area contributed by atoms with Gasteiger partial charge in [-0.05, 0) is 37.1 Å². The molecule has 8 heteroatoms. The molecule has 0 aliphatic heterocycles. The van der Waals surface area contributed by atoms with Gasteiger partial charge in [-0.25, -0.2) is 4.98 Å². The van der Waals surface area contributed by atoms with Gasteiger partial charge in [0.05, 0.1) is 0 Å². The molecule has 1 aliphatic rings. The maximum absolute atomic E-state index is 5.72. The first kappa shape index (κ1) is 17.0. The summed E-state index contributed by atoms with van der Waals surface area (Å²) in [7, 11) is 0. The summed E-state index contributed by atoms with van der Waals surface area (Å²) in [6.07, 6.45) is 2.28. The van der Waals surface area contributed by atoms with Gasteiger partial charge in [0.15, 0.2) is 6.61 Å². The number of aromatic nitrogens is 4. The second-order valence-electron chi connectivity index (χ2n) is 7.43. The van der Waals surface area contributed by atoms with Crippen LogP contribution in [0.2, 0.25) is 0 Å². The number of hydrogen-bond donors (Lipinski definition) is 1. The van der Waals surface area contributed by atoms with E-state index in [2.05, 4.69) is 45.6 Å². The zero-order valence-electron chi connectivity index (χ0n) is 15.0. The van der Waals surface area contributed by atoms with Crippen LogP contribution in [-0.4, -0.2) is 19.5 Å². The first-order valence-electron chi connectivity index (χ1n) is 8.64. The highest BCUT2D eigenvalue weighted by Crippen LogP contribution is 2.38. The minimum absolute atomic E-state index is 0.0529. The van der Waals surface area contributed by atoms with Crippen LogP contribution < -0.4 is 10.1 Å². The minimum Gasteiger partial charge on any atom is -0.485 e. The molecule has 7 nitrogen and oxygen atoms in total. The molecule has 2 heterocycles. The summed E-state index contributed by atoms with van der Waals surface area (Å²) in [6.45, 7) is 6.60. The van der Waals surface area contributed by atoms with E-state index in [0.29, 0.717) is 18.3 Å². The van der Waals surface area contributed by atoms with Gasteiger partial charge in [0, 0.05) is 28.6 Å². The number of nitrogens with one attached hydrogen (secondary N) is 1. The Morgan fingerprint density at radius 1 is 1.19 bits per heavy atom. The van der Waals surface area contributed by atoms with Crippen molar-refractivity contribution in [2.75, 3.05) is 5.32 Å². The molecule has 1 N–H and O–H groups in total. The standard InChI is InChI=1S/C18H21N5O2S/c1-18(2,3)16-21-17(26-23-16)19-12-6-8-13(9-7-12)24-10-14-20-15(25-22-14)11-4-5-11/h6-9,11H,4-5,10H2,1-3H3,(H,19,21,23). The molecule has 4 rings (SSSR count). The van der Waals surface area contributed by atoms with Crippen molar-refractivity contribution >= 4 is 22.4 Å². The highest BCUT2D eigenvalue weighted by molar-refractivity contribution is 7.09. The van der Waals surface area contributed by atoms with Gasteiger partial charge >= 0.3 is 0 Å². The van der Waals surface area contributed by atoms with Crippen LogP contribution in [0.4, 0.5) is 10.8 Å². The number of nitrogens with zero attached hydrogens (tertiary/aromatic N) is 4. The SMILES string of the molecule is CC(C)(C)c1nsc(Nc2ccc(OCc3noc(C4CC4)n3)cc2)n1. The fourth-order valence-corrected chi connectivity index (χ4v) is 3.09. The predicted octanol–water partition coefficient (Wildman–Crippen LogP) is 4.42. The van der Waals surface area contributed by atoms with Crippen LogP contribution in [-0.2, 0) is 12.0 Å². The zero-order valence-corrected chi connectivity index (χ0v) is 15.8. The molecule has 0 atom stereocenters. The monoisotopic (exact) mass is 371 g/mol. The van der Waals surface area contributed by atoms with Crippen LogP contribution in [0.5, 0.6) is 5.75 Å². The molecule has 1 saturated carbocycles. The zero-order chi connectivity index (χ0) is 18.1. The Morgan fingerprint density at radius 2 is 1.96 bits per heavy atom. The van der Waals surface area contributed by atoms with E-state index in [1.165, 1.54) is 11.5 Å². The van der Waals surface area contributed by atoms with Crippen molar-refractivity contribution in [3.8, 4) is 5.75 Å². The Kier molecular flexibility index (Phi) is 4.36. The molecular weight excluding hydrogens is 350 g/mol. The lowest BCUT2D eigenvalue weighted by atomic mass is 9.96. The second-order valence-corrected chi connectivity index (χ2v) is 8.19. The summed E-state index contributed by atoms with van der Waals surface area (Å²) in [5.74, 6) is 3.37. The lowest BCUT2D eigenvalue weighted by Gasteiger charge is -2.12. The van der Waals surface area contributed by atoms with E-state index in [-0.39, 0.29) is 5.41 Å². The van der Waals surface area contributed by atoms with Crippen molar-refractivity contribution in [2.45, 2.75) is 51.6 Å². The van der Waals surface area contributed by atoms with Crippen LogP contribution >= 0.6 is 11.5 Å². The van der Waals surface area contributed by atoms with Gasteiger partial charge in [-0.3, -0.25) is 0 Å². The lowest BCUT2D eigenvalue weighted by Crippen LogP contribution is -2.13. The Balaban J connectivity index is 1.33. The molecule has 0 bridgehead atoms. The van der Waals surface area contributed by atoms with Crippen molar-refractivity contribution < 1.29 is 9.26 Å². The topological polar surface area (TPSA) is 86.0 Å². The molecule has 3 aromatic rings. The van der Waals surface area contributed by atoms with Crippen molar-refractivity contribution in [2.24, 2.45) is 0 Å². The molecule has 2 aromatic heterocycles. The van der Waals surface area contributed by atoms with E-state index in [1.54, 1.807) is 0 Å². The number of hydrogen-bond acceptors (Lipinski definition) is 8. The van der Waals surface area contributed by atoms with E-state index in [4.69, 9.17) is 9.26 Å². The molecule has 26 heavy (non-hydrogen) atoms. The van der Waals surface area contributed by atoms with Crippen molar-refractivity contribution in [1.29, 1.82) is 0 Å². The van der Waals surface area contributed by atoms with Crippen LogP contribution in [0.3, 0.4) is 0 Å². The van der Waals surface area contributed by atoms with Gasteiger partial charge in [0.1, 0.15) is 11.6 Å².